The lowest BCUT2D eigenvalue weighted by Crippen LogP contribution is -2.34. The Kier molecular flexibility index (Phi) is 7.82. The topological polar surface area (TPSA) is 97.3 Å². The van der Waals surface area contributed by atoms with Crippen molar-refractivity contribution in [3.8, 4) is 11.8 Å². The van der Waals surface area contributed by atoms with Gasteiger partial charge in [-0.1, -0.05) is 18.2 Å². The fourth-order valence-electron chi connectivity index (χ4n) is 3.15. The molecular formula is C24H25N3O4S. The summed E-state index contributed by atoms with van der Waals surface area (Å²) in [7, 11) is 0. The van der Waals surface area contributed by atoms with Crippen LogP contribution in [0.15, 0.2) is 45.6 Å². The minimum absolute atomic E-state index is 0.109. The third-order valence-electron chi connectivity index (χ3n) is 4.72. The van der Waals surface area contributed by atoms with Gasteiger partial charge in [-0.05, 0) is 51.0 Å². The van der Waals surface area contributed by atoms with Gasteiger partial charge in [0.2, 0.25) is 0 Å². The highest BCUT2D eigenvalue weighted by atomic mass is 32.1. The lowest BCUT2D eigenvalue weighted by molar-refractivity contribution is -0.115. The largest absolute Gasteiger partial charge is 0.462 e. The van der Waals surface area contributed by atoms with Gasteiger partial charge in [-0.25, -0.2) is 0 Å². The van der Waals surface area contributed by atoms with Gasteiger partial charge < -0.3 is 14.5 Å². The van der Waals surface area contributed by atoms with Crippen LogP contribution in [0.2, 0.25) is 0 Å². The molecular weight excluding hydrogens is 426 g/mol. The normalized spacial score (nSPS) is 12.5. The summed E-state index contributed by atoms with van der Waals surface area (Å²) in [5, 5.41) is 12.6. The zero-order chi connectivity index (χ0) is 23.1. The first-order valence-corrected chi connectivity index (χ1v) is 11.1. The van der Waals surface area contributed by atoms with Gasteiger partial charge in [0.15, 0.2) is 5.57 Å². The number of hydrogen-bond acceptors (Lipinski definition) is 6. The number of para-hydroxylation sites is 1. The summed E-state index contributed by atoms with van der Waals surface area (Å²) in [5.74, 6) is 0.735. The van der Waals surface area contributed by atoms with Crippen LogP contribution < -0.4 is 20.1 Å². The quantitative estimate of drug-likeness (QED) is 0.530. The molecule has 2 heterocycles. The van der Waals surface area contributed by atoms with Crippen molar-refractivity contribution in [3.05, 3.63) is 73.0 Å². The smallest absolute Gasteiger partial charge is 0.273 e. The zero-order valence-electron chi connectivity index (χ0n) is 18.3. The first-order valence-electron chi connectivity index (χ1n) is 10.3. The number of nitrogens with zero attached hydrogens (tertiary/aromatic N) is 2. The first kappa shape index (κ1) is 23.3. The van der Waals surface area contributed by atoms with Gasteiger partial charge in [-0.2, -0.15) is 5.26 Å². The molecule has 32 heavy (non-hydrogen) atoms. The van der Waals surface area contributed by atoms with Crippen LogP contribution in [0.25, 0.3) is 17.3 Å². The second-order valence-electron chi connectivity index (χ2n) is 7.08. The Bertz CT molecular complexity index is 1320. The van der Waals surface area contributed by atoms with Crippen LogP contribution in [0.5, 0.6) is 0 Å². The minimum atomic E-state index is -0.520. The molecule has 3 rings (SSSR count). The molecule has 0 aliphatic carbocycles. The molecule has 0 atom stereocenters. The van der Waals surface area contributed by atoms with E-state index in [-0.39, 0.29) is 15.8 Å². The number of nitrogens with one attached hydrogen (secondary N) is 1. The maximum absolute atomic E-state index is 13.4. The molecule has 7 nitrogen and oxygen atoms in total. The van der Waals surface area contributed by atoms with Gasteiger partial charge in [0, 0.05) is 25.8 Å². The van der Waals surface area contributed by atoms with Crippen LogP contribution in [0.1, 0.15) is 30.4 Å². The molecule has 0 spiro atoms. The van der Waals surface area contributed by atoms with Crippen LogP contribution in [-0.2, 0) is 9.53 Å². The van der Waals surface area contributed by atoms with Crippen molar-refractivity contribution in [3.63, 3.8) is 0 Å². The van der Waals surface area contributed by atoms with Crippen molar-refractivity contribution in [2.45, 2.75) is 27.2 Å². The average Bonchev–Trinajstić information content (AvgIpc) is 3.32. The number of amides is 1. The SMILES string of the molecule is CCOCCCNC(=O)C(C#N)=c1sc(=Cc2ccc(C)o2)c(=O)n1-c1ccccc1C. The summed E-state index contributed by atoms with van der Waals surface area (Å²) in [6, 6.07) is 12.9. The summed E-state index contributed by atoms with van der Waals surface area (Å²) in [6.45, 7) is 7.10. The van der Waals surface area contributed by atoms with E-state index in [2.05, 4.69) is 5.32 Å². The van der Waals surface area contributed by atoms with Gasteiger partial charge >= 0.3 is 0 Å². The van der Waals surface area contributed by atoms with Gasteiger partial charge in [-0.3, -0.25) is 14.2 Å². The number of furan rings is 1. The van der Waals surface area contributed by atoms with E-state index in [0.29, 0.717) is 42.2 Å². The molecule has 0 aliphatic heterocycles. The van der Waals surface area contributed by atoms with Crippen molar-refractivity contribution in [1.29, 1.82) is 5.26 Å². The second kappa shape index (κ2) is 10.8. The van der Waals surface area contributed by atoms with Gasteiger partial charge in [0.05, 0.1) is 10.2 Å². The summed E-state index contributed by atoms with van der Waals surface area (Å²) in [6.07, 6.45) is 2.26. The number of aryl methyl sites for hydroxylation is 2. The summed E-state index contributed by atoms with van der Waals surface area (Å²) < 4.78 is 12.9. The number of carbonyl (C=O) groups excluding carboxylic acids is 1. The van der Waals surface area contributed by atoms with Crippen LogP contribution in [0.4, 0.5) is 0 Å². The highest BCUT2D eigenvalue weighted by Gasteiger charge is 2.17. The van der Waals surface area contributed by atoms with E-state index in [1.54, 1.807) is 18.2 Å². The predicted molar refractivity (Wildman–Crippen MR) is 124 cm³/mol. The Morgan fingerprint density at radius 2 is 2.06 bits per heavy atom. The molecule has 1 amide bonds. The summed E-state index contributed by atoms with van der Waals surface area (Å²) in [5.41, 5.74) is 1.05. The fourth-order valence-corrected chi connectivity index (χ4v) is 4.22. The monoisotopic (exact) mass is 451 g/mol. The van der Waals surface area contributed by atoms with Crippen molar-refractivity contribution < 1.29 is 13.9 Å². The Hall–Kier alpha value is -3.41. The molecule has 0 saturated heterocycles. The Balaban J connectivity index is 2.16. The number of aromatic nitrogens is 1. The Morgan fingerprint density at radius 3 is 2.72 bits per heavy atom. The third kappa shape index (κ3) is 5.25. The molecule has 8 heteroatoms. The number of carbonyl (C=O) groups is 1. The van der Waals surface area contributed by atoms with E-state index in [0.717, 1.165) is 22.7 Å². The van der Waals surface area contributed by atoms with E-state index >= 15 is 0 Å². The fraction of sp³-hybridized carbons (Fsp3) is 0.292. The maximum Gasteiger partial charge on any atom is 0.273 e. The standard InChI is InChI=1S/C24H25N3O4S/c1-4-30-13-7-12-26-22(28)19(15-25)24-27(20-9-6-5-8-16(20)2)23(29)21(32-24)14-18-11-10-17(3)31-18/h5-6,8-11,14H,4,7,12-13H2,1-3H3,(H,26,28). The molecule has 0 saturated carbocycles. The Labute approximate surface area is 189 Å². The average molecular weight is 452 g/mol. The summed E-state index contributed by atoms with van der Waals surface area (Å²) in [4.78, 5) is 26.2. The van der Waals surface area contributed by atoms with E-state index < -0.39 is 5.91 Å². The number of rotatable bonds is 8. The lowest BCUT2D eigenvalue weighted by atomic mass is 10.2. The molecule has 166 valence electrons. The number of nitriles is 1. The number of hydrogen-bond donors (Lipinski definition) is 1. The van der Waals surface area contributed by atoms with Crippen molar-refractivity contribution in [2.24, 2.45) is 0 Å². The third-order valence-corrected chi connectivity index (χ3v) is 5.81. The molecule has 0 aliphatic rings. The van der Waals surface area contributed by atoms with E-state index in [1.165, 1.54) is 4.57 Å². The lowest BCUT2D eigenvalue weighted by Gasteiger charge is -2.08. The van der Waals surface area contributed by atoms with E-state index in [1.807, 2.05) is 51.1 Å². The Morgan fingerprint density at radius 1 is 1.28 bits per heavy atom. The first-order chi connectivity index (χ1) is 15.5. The highest BCUT2D eigenvalue weighted by Crippen LogP contribution is 2.11. The number of thiazole rings is 1. The molecule has 0 fully saturated rings. The van der Waals surface area contributed by atoms with Crippen molar-refractivity contribution in [1.82, 2.24) is 9.88 Å². The van der Waals surface area contributed by atoms with Gasteiger partial charge in [0.1, 0.15) is 22.3 Å². The van der Waals surface area contributed by atoms with E-state index in [4.69, 9.17) is 9.15 Å². The van der Waals surface area contributed by atoms with Gasteiger partial charge in [0.25, 0.3) is 11.5 Å². The molecule has 3 aromatic rings. The molecule has 0 radical (unpaired) electrons. The number of benzene rings is 1. The maximum atomic E-state index is 13.4. The van der Waals surface area contributed by atoms with Crippen molar-refractivity contribution in [2.75, 3.05) is 19.8 Å². The molecule has 1 N–H and O–H groups in total. The van der Waals surface area contributed by atoms with Crippen LogP contribution in [-0.4, -0.2) is 30.2 Å². The molecule has 2 aromatic heterocycles. The van der Waals surface area contributed by atoms with Crippen LogP contribution in [0, 0.1) is 25.2 Å². The predicted octanol–water partition coefficient (Wildman–Crippen LogP) is 2.15. The zero-order valence-corrected chi connectivity index (χ0v) is 19.1. The van der Waals surface area contributed by atoms with Crippen LogP contribution >= 0.6 is 11.3 Å². The summed E-state index contributed by atoms with van der Waals surface area (Å²) >= 11 is 1.09. The second-order valence-corrected chi connectivity index (χ2v) is 8.12. The minimum Gasteiger partial charge on any atom is -0.462 e. The van der Waals surface area contributed by atoms with Gasteiger partial charge in [-0.15, -0.1) is 11.3 Å². The van der Waals surface area contributed by atoms with E-state index in [9.17, 15) is 14.9 Å². The number of ether oxygens (including phenoxy) is 1. The highest BCUT2D eigenvalue weighted by molar-refractivity contribution is 7.07. The van der Waals surface area contributed by atoms with Crippen LogP contribution in [0.3, 0.4) is 0 Å². The van der Waals surface area contributed by atoms with Crippen molar-refractivity contribution >= 4 is 28.9 Å². The molecule has 0 unspecified atom stereocenters. The molecule has 0 bridgehead atoms. The molecule has 1 aromatic carbocycles.